The van der Waals surface area contributed by atoms with E-state index in [4.69, 9.17) is 4.74 Å². The van der Waals surface area contributed by atoms with Crippen molar-refractivity contribution < 1.29 is 9.53 Å². The number of carbonyl (C=O) groups is 1. The summed E-state index contributed by atoms with van der Waals surface area (Å²) in [6.45, 7) is 6.51. The molecule has 1 spiro atoms. The van der Waals surface area contributed by atoms with E-state index < -0.39 is 0 Å². The molecule has 1 amide bonds. The number of hydrogen-bond acceptors (Lipinski definition) is 7. The molecule has 0 aromatic carbocycles. The van der Waals surface area contributed by atoms with Crippen LogP contribution in [0, 0.1) is 12.8 Å². The van der Waals surface area contributed by atoms with Crippen molar-refractivity contribution in [2.24, 2.45) is 5.92 Å². The molecule has 134 valence electrons. The van der Waals surface area contributed by atoms with E-state index in [1.165, 1.54) is 16.2 Å². The predicted molar refractivity (Wildman–Crippen MR) is 98.0 cm³/mol. The summed E-state index contributed by atoms with van der Waals surface area (Å²) in [6.07, 6.45) is 2.04. The van der Waals surface area contributed by atoms with E-state index in [1.807, 2.05) is 5.51 Å². The van der Waals surface area contributed by atoms with Gasteiger partial charge in [0.1, 0.15) is 5.69 Å². The van der Waals surface area contributed by atoms with Gasteiger partial charge in [-0.25, -0.2) is 9.97 Å². The Labute approximate surface area is 155 Å². The summed E-state index contributed by atoms with van der Waals surface area (Å²) in [4.78, 5) is 24.1. The van der Waals surface area contributed by atoms with Gasteiger partial charge in [0.25, 0.3) is 5.91 Å². The molecular weight excluding hydrogens is 356 g/mol. The van der Waals surface area contributed by atoms with E-state index >= 15 is 0 Å². The molecule has 0 aliphatic carbocycles. The van der Waals surface area contributed by atoms with Crippen LogP contribution in [0.1, 0.15) is 33.9 Å². The van der Waals surface area contributed by atoms with Gasteiger partial charge in [0.15, 0.2) is 0 Å². The number of nitrogens with zero attached hydrogens (tertiary/aromatic N) is 3. The summed E-state index contributed by atoms with van der Waals surface area (Å²) in [5.41, 5.74) is 5.24. The van der Waals surface area contributed by atoms with Crippen molar-refractivity contribution in [3.8, 4) is 0 Å². The van der Waals surface area contributed by atoms with Crippen LogP contribution < -0.4 is 5.32 Å². The zero-order valence-electron chi connectivity index (χ0n) is 14.2. The maximum Gasteiger partial charge on any atom is 0.270 e. The second-order valence-electron chi connectivity index (χ2n) is 6.82. The molecule has 2 fully saturated rings. The molecular formula is C17H22N4O2S2. The Kier molecular flexibility index (Phi) is 4.86. The first-order valence-corrected chi connectivity index (χ1v) is 10.4. The van der Waals surface area contributed by atoms with E-state index in [9.17, 15) is 4.79 Å². The van der Waals surface area contributed by atoms with Crippen molar-refractivity contribution >= 4 is 28.6 Å². The topological polar surface area (TPSA) is 67.3 Å². The zero-order valence-corrected chi connectivity index (χ0v) is 15.9. The third-order valence-electron chi connectivity index (χ3n) is 5.24. The molecule has 2 aromatic heterocycles. The molecule has 2 saturated heterocycles. The molecule has 1 N–H and O–H groups in total. The number of thiazole rings is 2. The quantitative estimate of drug-likeness (QED) is 0.836. The van der Waals surface area contributed by atoms with Crippen molar-refractivity contribution in [1.29, 1.82) is 0 Å². The lowest BCUT2D eigenvalue weighted by Gasteiger charge is -2.50. The average Bonchev–Trinajstić information content (AvgIpc) is 3.29. The molecule has 1 atom stereocenters. The van der Waals surface area contributed by atoms with Gasteiger partial charge in [-0.05, 0) is 25.7 Å². The third-order valence-corrected chi connectivity index (χ3v) is 6.74. The molecule has 0 saturated carbocycles. The summed E-state index contributed by atoms with van der Waals surface area (Å²) in [7, 11) is 0. The van der Waals surface area contributed by atoms with Crippen molar-refractivity contribution in [2.75, 3.05) is 26.2 Å². The van der Waals surface area contributed by atoms with Crippen LogP contribution in [0.25, 0.3) is 0 Å². The number of rotatable bonds is 6. The van der Waals surface area contributed by atoms with Gasteiger partial charge in [0.05, 0.1) is 22.3 Å². The van der Waals surface area contributed by atoms with Crippen LogP contribution in [0.15, 0.2) is 16.4 Å². The highest BCUT2D eigenvalue weighted by atomic mass is 32.1. The standard InChI is InChI=1S/C17H22N4O2S2/c1-12-15(25-11-19-12)6-21-8-17(9-21)13(3-5-23-17)2-4-18-16(22)14-7-24-10-20-14/h7,10-11,13H,2-6,8-9H2,1H3,(H,18,22)/t13-/m1/s1. The van der Waals surface area contributed by atoms with Crippen LogP contribution in [0.5, 0.6) is 0 Å². The first kappa shape index (κ1) is 17.1. The van der Waals surface area contributed by atoms with Crippen LogP contribution >= 0.6 is 22.7 Å². The van der Waals surface area contributed by atoms with Crippen LogP contribution in [0.2, 0.25) is 0 Å². The van der Waals surface area contributed by atoms with Crippen LogP contribution in [0.4, 0.5) is 0 Å². The highest BCUT2D eigenvalue weighted by Crippen LogP contribution is 2.42. The molecule has 25 heavy (non-hydrogen) atoms. The van der Waals surface area contributed by atoms with Crippen molar-refractivity contribution in [1.82, 2.24) is 20.2 Å². The number of likely N-dealkylation sites (tertiary alicyclic amines) is 1. The Morgan fingerprint density at radius 2 is 2.32 bits per heavy atom. The van der Waals surface area contributed by atoms with E-state index in [0.29, 0.717) is 18.2 Å². The van der Waals surface area contributed by atoms with Crippen molar-refractivity contribution in [3.05, 3.63) is 32.7 Å². The van der Waals surface area contributed by atoms with Crippen molar-refractivity contribution in [3.63, 3.8) is 0 Å². The lowest BCUT2D eigenvalue weighted by molar-refractivity contribution is -0.136. The second kappa shape index (κ2) is 7.11. The molecule has 8 heteroatoms. The maximum absolute atomic E-state index is 12.0. The van der Waals surface area contributed by atoms with Gasteiger partial charge in [-0.3, -0.25) is 9.69 Å². The van der Waals surface area contributed by atoms with Gasteiger partial charge in [0.2, 0.25) is 0 Å². The Morgan fingerprint density at radius 3 is 3.04 bits per heavy atom. The van der Waals surface area contributed by atoms with Gasteiger partial charge in [0, 0.05) is 43.0 Å². The van der Waals surface area contributed by atoms with E-state index in [0.717, 1.165) is 44.8 Å². The predicted octanol–water partition coefficient (Wildman–Crippen LogP) is 2.32. The van der Waals surface area contributed by atoms with Crippen molar-refractivity contribution in [2.45, 2.75) is 31.9 Å². The summed E-state index contributed by atoms with van der Waals surface area (Å²) in [5, 5.41) is 4.76. The maximum atomic E-state index is 12.0. The SMILES string of the molecule is Cc1ncsc1CN1CC2(C1)OCC[C@H]2CCNC(=O)c1cscn1. The summed E-state index contributed by atoms with van der Waals surface area (Å²) >= 11 is 3.17. The molecule has 2 aromatic rings. The van der Waals surface area contributed by atoms with Gasteiger partial charge >= 0.3 is 0 Å². The molecule has 2 aliphatic rings. The minimum atomic E-state index is -0.0786. The lowest BCUT2D eigenvalue weighted by Crippen LogP contribution is -2.64. The number of ether oxygens (including phenoxy) is 1. The summed E-state index contributed by atoms with van der Waals surface area (Å²) in [6, 6.07) is 0. The largest absolute Gasteiger partial charge is 0.372 e. The fourth-order valence-corrected chi connectivity index (χ4v) is 5.17. The van der Waals surface area contributed by atoms with E-state index in [1.54, 1.807) is 22.2 Å². The number of carbonyl (C=O) groups excluding carboxylic acids is 1. The first-order chi connectivity index (χ1) is 12.2. The molecule has 4 heterocycles. The van der Waals surface area contributed by atoms with E-state index in [-0.39, 0.29) is 11.5 Å². The van der Waals surface area contributed by atoms with Crippen LogP contribution in [-0.2, 0) is 11.3 Å². The fraction of sp³-hybridized carbons (Fsp3) is 0.588. The van der Waals surface area contributed by atoms with Crippen LogP contribution in [0.3, 0.4) is 0 Å². The number of hydrogen-bond donors (Lipinski definition) is 1. The van der Waals surface area contributed by atoms with Gasteiger partial charge < -0.3 is 10.1 Å². The minimum absolute atomic E-state index is 0.00997. The number of aromatic nitrogens is 2. The van der Waals surface area contributed by atoms with Crippen LogP contribution in [-0.4, -0.2) is 52.6 Å². The molecule has 2 aliphatic heterocycles. The Bertz CT molecular complexity index is 725. The number of nitrogens with one attached hydrogen (secondary N) is 1. The minimum Gasteiger partial charge on any atom is -0.372 e. The second-order valence-corrected chi connectivity index (χ2v) is 8.48. The average molecular weight is 379 g/mol. The van der Waals surface area contributed by atoms with Gasteiger partial charge in [-0.15, -0.1) is 22.7 Å². The molecule has 6 nitrogen and oxygen atoms in total. The highest BCUT2D eigenvalue weighted by Gasteiger charge is 2.52. The number of amides is 1. The normalized spacial score (nSPS) is 22.2. The fourth-order valence-electron chi connectivity index (χ4n) is 3.82. The molecule has 4 rings (SSSR count). The summed E-state index contributed by atoms with van der Waals surface area (Å²) < 4.78 is 6.12. The molecule has 0 bridgehead atoms. The number of aryl methyl sites for hydroxylation is 1. The van der Waals surface area contributed by atoms with E-state index in [2.05, 4.69) is 27.1 Å². The van der Waals surface area contributed by atoms with Gasteiger partial charge in [-0.1, -0.05) is 0 Å². The monoisotopic (exact) mass is 378 g/mol. The lowest BCUT2D eigenvalue weighted by atomic mass is 9.79. The molecule has 0 radical (unpaired) electrons. The third kappa shape index (κ3) is 3.48. The Morgan fingerprint density at radius 1 is 1.44 bits per heavy atom. The first-order valence-electron chi connectivity index (χ1n) is 8.58. The highest BCUT2D eigenvalue weighted by molar-refractivity contribution is 7.09. The zero-order chi connectivity index (χ0) is 17.3. The summed E-state index contributed by atoms with van der Waals surface area (Å²) in [5.74, 6) is 0.437. The smallest absolute Gasteiger partial charge is 0.270 e. The molecule has 0 unspecified atom stereocenters. The van der Waals surface area contributed by atoms with Gasteiger partial charge in [-0.2, -0.15) is 0 Å². The Balaban J connectivity index is 1.26. The Hall–Kier alpha value is -1.35.